The summed E-state index contributed by atoms with van der Waals surface area (Å²) >= 11 is 0. The van der Waals surface area contributed by atoms with E-state index in [1.807, 2.05) is 30.3 Å². The third-order valence-electron chi connectivity index (χ3n) is 6.67. The van der Waals surface area contributed by atoms with E-state index in [1.54, 1.807) is 0 Å². The number of benzene rings is 3. The van der Waals surface area contributed by atoms with Crippen molar-refractivity contribution in [1.82, 2.24) is 0 Å². The summed E-state index contributed by atoms with van der Waals surface area (Å²) in [5.74, 6) is 0.861. The van der Waals surface area contributed by atoms with Crippen molar-refractivity contribution in [3.63, 3.8) is 0 Å². The zero-order chi connectivity index (χ0) is 20.9. The van der Waals surface area contributed by atoms with Crippen molar-refractivity contribution in [3.05, 3.63) is 101 Å². The van der Waals surface area contributed by atoms with E-state index in [1.165, 1.54) is 16.8 Å². The van der Waals surface area contributed by atoms with Crippen LogP contribution >= 0.6 is 0 Å². The monoisotopic (exact) mass is 395 g/mol. The molecule has 5 rings (SSSR count). The molecule has 0 fully saturated rings. The second kappa shape index (κ2) is 6.60. The highest BCUT2D eigenvalue weighted by molar-refractivity contribution is 5.80. The lowest BCUT2D eigenvalue weighted by Crippen LogP contribution is -2.58. The Hall–Kier alpha value is -3.33. The normalized spacial score (nSPS) is 20.6. The minimum absolute atomic E-state index is 0.250. The summed E-state index contributed by atoms with van der Waals surface area (Å²) in [6.45, 7) is 4.47. The van der Waals surface area contributed by atoms with Crippen LogP contribution in [0.25, 0.3) is 6.08 Å². The van der Waals surface area contributed by atoms with Gasteiger partial charge in [-0.25, -0.2) is 0 Å². The van der Waals surface area contributed by atoms with E-state index in [9.17, 15) is 4.79 Å². The van der Waals surface area contributed by atoms with Crippen LogP contribution in [0.2, 0.25) is 0 Å². The molecular weight excluding hydrogens is 370 g/mol. The summed E-state index contributed by atoms with van der Waals surface area (Å²) < 4.78 is 6.92. The third-order valence-corrected chi connectivity index (χ3v) is 6.67. The molecular formula is C27H25NO2. The van der Waals surface area contributed by atoms with E-state index >= 15 is 0 Å². The summed E-state index contributed by atoms with van der Waals surface area (Å²) in [7, 11) is 2.10. The van der Waals surface area contributed by atoms with Crippen molar-refractivity contribution < 1.29 is 9.53 Å². The van der Waals surface area contributed by atoms with Crippen molar-refractivity contribution in [1.29, 1.82) is 0 Å². The quantitative estimate of drug-likeness (QED) is 0.539. The fraction of sp³-hybridized carbons (Fsp3) is 0.222. The van der Waals surface area contributed by atoms with Crippen LogP contribution in [0, 0.1) is 0 Å². The van der Waals surface area contributed by atoms with Crippen LogP contribution in [0.1, 0.15) is 46.5 Å². The van der Waals surface area contributed by atoms with E-state index in [4.69, 9.17) is 4.74 Å². The van der Waals surface area contributed by atoms with Gasteiger partial charge >= 0.3 is 0 Å². The molecule has 0 N–H and O–H groups in total. The first-order valence-corrected chi connectivity index (χ1v) is 10.3. The second-order valence-electron chi connectivity index (χ2n) is 8.71. The van der Waals surface area contributed by atoms with Gasteiger partial charge in [-0.05, 0) is 60.9 Å². The Kier molecular flexibility index (Phi) is 4.11. The highest BCUT2D eigenvalue weighted by Crippen LogP contribution is 2.54. The highest BCUT2D eigenvalue weighted by atomic mass is 16.5. The maximum Gasteiger partial charge on any atom is 0.211 e. The molecule has 2 aliphatic rings. The molecule has 30 heavy (non-hydrogen) atoms. The van der Waals surface area contributed by atoms with Gasteiger partial charge in [-0.3, -0.25) is 4.79 Å². The van der Waals surface area contributed by atoms with Gasteiger partial charge in [-0.2, -0.15) is 0 Å². The van der Waals surface area contributed by atoms with Gasteiger partial charge in [0.2, 0.25) is 5.72 Å². The Bertz CT molecular complexity index is 1160. The average molecular weight is 396 g/mol. The molecule has 0 bridgehead atoms. The fourth-order valence-corrected chi connectivity index (χ4v) is 5.00. The number of anilines is 1. The van der Waals surface area contributed by atoms with Crippen molar-refractivity contribution in [2.45, 2.75) is 31.4 Å². The number of ether oxygens (including phenoxy) is 1. The molecule has 0 aliphatic carbocycles. The van der Waals surface area contributed by atoms with Crippen LogP contribution in [0.15, 0.2) is 72.8 Å². The van der Waals surface area contributed by atoms with E-state index < -0.39 is 5.72 Å². The van der Waals surface area contributed by atoms with Crippen LogP contribution in [0.5, 0.6) is 5.75 Å². The lowest BCUT2D eigenvalue weighted by Gasteiger charge is -2.46. The number of nitrogens with zero attached hydrogens (tertiary/aromatic N) is 1. The number of rotatable bonds is 3. The van der Waals surface area contributed by atoms with Crippen LogP contribution in [0.3, 0.4) is 0 Å². The first kappa shape index (κ1) is 18.7. The van der Waals surface area contributed by atoms with Crippen LogP contribution in [0.4, 0.5) is 5.69 Å². The van der Waals surface area contributed by atoms with Gasteiger partial charge in [0.15, 0.2) is 0 Å². The van der Waals surface area contributed by atoms with Crippen molar-refractivity contribution >= 4 is 18.0 Å². The Morgan fingerprint density at radius 1 is 1.00 bits per heavy atom. The lowest BCUT2D eigenvalue weighted by atomic mass is 9.76. The van der Waals surface area contributed by atoms with Crippen molar-refractivity contribution in [2.75, 3.05) is 11.9 Å². The fourth-order valence-electron chi connectivity index (χ4n) is 5.00. The van der Waals surface area contributed by atoms with Gasteiger partial charge in [0.25, 0.3) is 0 Å². The number of aldehydes is 1. The standard InChI is InChI=1S/C27H25NO2/c1-26(2)23-11-7-8-12-24(23)28(3)27(26)14-13-21-16-20(18-29)17-22(25(21)30-27)15-19-9-5-4-6-10-19/h4-14,16-18H,15H2,1-3H3. The minimum Gasteiger partial charge on any atom is -0.462 e. The first-order chi connectivity index (χ1) is 14.5. The molecule has 0 saturated carbocycles. The van der Waals surface area contributed by atoms with Crippen molar-refractivity contribution in [2.24, 2.45) is 0 Å². The maximum absolute atomic E-state index is 11.6. The molecule has 2 aliphatic heterocycles. The first-order valence-electron chi connectivity index (χ1n) is 10.3. The van der Waals surface area contributed by atoms with Gasteiger partial charge in [-0.1, -0.05) is 48.5 Å². The zero-order valence-electron chi connectivity index (χ0n) is 17.6. The Labute approximate surface area is 177 Å². The molecule has 3 aromatic carbocycles. The summed E-state index contributed by atoms with van der Waals surface area (Å²) in [4.78, 5) is 13.8. The minimum atomic E-state index is -0.627. The van der Waals surface area contributed by atoms with Gasteiger partial charge < -0.3 is 9.64 Å². The van der Waals surface area contributed by atoms with Crippen LogP contribution in [-0.2, 0) is 11.8 Å². The number of hydrogen-bond acceptors (Lipinski definition) is 3. The van der Waals surface area contributed by atoms with Crippen molar-refractivity contribution in [3.8, 4) is 5.75 Å². The summed E-state index contributed by atoms with van der Waals surface area (Å²) in [6.07, 6.45) is 5.89. The van der Waals surface area contributed by atoms with Gasteiger partial charge in [0.1, 0.15) is 12.0 Å². The van der Waals surface area contributed by atoms with E-state index in [0.29, 0.717) is 12.0 Å². The number of carbonyl (C=O) groups is 1. The van der Waals surface area contributed by atoms with Gasteiger partial charge in [-0.15, -0.1) is 0 Å². The maximum atomic E-state index is 11.6. The smallest absolute Gasteiger partial charge is 0.211 e. The Balaban J connectivity index is 1.65. The molecule has 0 saturated heterocycles. The number of likely N-dealkylation sites (N-methyl/N-ethyl adjacent to an activating group) is 1. The molecule has 1 spiro atoms. The van der Waals surface area contributed by atoms with Crippen LogP contribution in [-0.4, -0.2) is 19.1 Å². The molecule has 3 aromatic rings. The topological polar surface area (TPSA) is 29.5 Å². The van der Waals surface area contributed by atoms with Gasteiger partial charge in [0.05, 0.1) is 5.41 Å². The predicted octanol–water partition coefficient (Wildman–Crippen LogP) is 5.62. The molecule has 3 heteroatoms. The molecule has 0 radical (unpaired) electrons. The molecule has 2 heterocycles. The molecule has 1 atom stereocenters. The van der Waals surface area contributed by atoms with E-state index in [2.05, 4.69) is 74.3 Å². The summed E-state index contributed by atoms with van der Waals surface area (Å²) in [5.41, 5.74) is 5.43. The Morgan fingerprint density at radius 2 is 1.73 bits per heavy atom. The summed E-state index contributed by atoms with van der Waals surface area (Å²) in [6, 6.07) is 22.7. The van der Waals surface area contributed by atoms with Crippen LogP contribution < -0.4 is 9.64 Å². The van der Waals surface area contributed by atoms with Gasteiger partial charge in [0, 0.05) is 30.3 Å². The van der Waals surface area contributed by atoms with E-state index in [0.717, 1.165) is 23.2 Å². The average Bonchev–Trinajstić information content (AvgIpc) is 2.93. The zero-order valence-corrected chi connectivity index (χ0v) is 17.6. The number of fused-ring (bicyclic) bond motifs is 2. The number of hydrogen-bond donors (Lipinski definition) is 0. The molecule has 3 nitrogen and oxygen atoms in total. The second-order valence-corrected chi connectivity index (χ2v) is 8.71. The summed E-state index contributed by atoms with van der Waals surface area (Å²) in [5, 5.41) is 0. The SMILES string of the molecule is CN1c2ccccc2C(C)(C)C12C=Cc1cc(C=O)cc(Cc3ccccc3)c1O2. The largest absolute Gasteiger partial charge is 0.462 e. The lowest BCUT2D eigenvalue weighted by molar-refractivity contribution is 0.0572. The number of para-hydroxylation sites is 1. The van der Waals surface area contributed by atoms with E-state index in [-0.39, 0.29) is 5.41 Å². The molecule has 1 unspecified atom stereocenters. The molecule has 150 valence electrons. The number of carbonyl (C=O) groups excluding carboxylic acids is 1. The predicted molar refractivity (Wildman–Crippen MR) is 121 cm³/mol. The molecule has 0 amide bonds. The molecule has 0 aromatic heterocycles. The highest BCUT2D eigenvalue weighted by Gasteiger charge is 2.57. The third kappa shape index (κ3) is 2.55. The Morgan fingerprint density at radius 3 is 2.47 bits per heavy atom.